The largest absolute Gasteiger partial charge is 0.464 e. The lowest BCUT2D eigenvalue weighted by Gasteiger charge is -2.27. The summed E-state index contributed by atoms with van der Waals surface area (Å²) in [5.41, 5.74) is -0.929. The van der Waals surface area contributed by atoms with E-state index in [-0.39, 0.29) is 19.6 Å². The van der Waals surface area contributed by atoms with E-state index in [9.17, 15) is 19.2 Å². The van der Waals surface area contributed by atoms with Crippen molar-refractivity contribution in [3.05, 3.63) is 35.4 Å². The number of benzene rings is 1. The van der Waals surface area contributed by atoms with Crippen LogP contribution in [0.3, 0.4) is 0 Å². The third-order valence-electron chi connectivity index (χ3n) is 3.35. The van der Waals surface area contributed by atoms with Gasteiger partial charge in [-0.25, -0.2) is 9.59 Å². The summed E-state index contributed by atoms with van der Waals surface area (Å²) in [6.07, 6.45) is -0.414. The SMILES string of the molecule is CCOC(=O)C(CC(=O)c1ccc(C)cc1)(NC=O)C(=O)OCC. The van der Waals surface area contributed by atoms with E-state index in [0.717, 1.165) is 5.56 Å². The molecule has 1 amide bonds. The Morgan fingerprint density at radius 1 is 1.04 bits per heavy atom. The number of nitrogens with one attached hydrogen (secondary N) is 1. The molecule has 7 heteroatoms. The van der Waals surface area contributed by atoms with E-state index >= 15 is 0 Å². The fourth-order valence-corrected chi connectivity index (χ4v) is 2.09. The summed E-state index contributed by atoms with van der Waals surface area (Å²) in [6, 6.07) is 6.63. The van der Waals surface area contributed by atoms with Gasteiger partial charge in [0.25, 0.3) is 0 Å². The van der Waals surface area contributed by atoms with Gasteiger partial charge >= 0.3 is 11.9 Å². The van der Waals surface area contributed by atoms with Gasteiger partial charge in [-0.3, -0.25) is 9.59 Å². The summed E-state index contributed by atoms with van der Waals surface area (Å²) in [5, 5.41) is 2.13. The van der Waals surface area contributed by atoms with Crippen LogP contribution >= 0.6 is 0 Å². The first kappa shape index (κ1) is 19.3. The van der Waals surface area contributed by atoms with Crippen LogP contribution in [0.15, 0.2) is 24.3 Å². The van der Waals surface area contributed by atoms with Crippen molar-refractivity contribution in [2.75, 3.05) is 13.2 Å². The number of rotatable bonds is 9. The molecule has 0 aromatic heterocycles. The zero-order valence-electron chi connectivity index (χ0n) is 14.0. The van der Waals surface area contributed by atoms with E-state index in [4.69, 9.17) is 9.47 Å². The van der Waals surface area contributed by atoms with E-state index in [1.807, 2.05) is 6.92 Å². The standard InChI is InChI=1S/C17H21NO6/c1-4-23-15(21)17(18-11-19,16(22)24-5-2)10-14(20)13-8-6-12(3)7-9-13/h6-9,11H,4-5,10H2,1-3H3,(H,18,19). The summed E-state index contributed by atoms with van der Waals surface area (Å²) < 4.78 is 9.74. The molecule has 24 heavy (non-hydrogen) atoms. The van der Waals surface area contributed by atoms with Crippen molar-refractivity contribution < 1.29 is 28.7 Å². The molecule has 1 aromatic rings. The second-order valence-corrected chi connectivity index (χ2v) is 5.07. The highest BCUT2D eigenvalue weighted by atomic mass is 16.6. The van der Waals surface area contributed by atoms with Gasteiger partial charge in [0.2, 0.25) is 11.9 Å². The molecule has 0 aliphatic heterocycles. The number of hydrogen-bond acceptors (Lipinski definition) is 6. The Morgan fingerprint density at radius 2 is 1.54 bits per heavy atom. The third-order valence-corrected chi connectivity index (χ3v) is 3.35. The molecule has 0 fully saturated rings. The van der Waals surface area contributed by atoms with Gasteiger partial charge in [-0.15, -0.1) is 0 Å². The first-order chi connectivity index (χ1) is 11.4. The first-order valence-electron chi connectivity index (χ1n) is 7.57. The summed E-state index contributed by atoms with van der Waals surface area (Å²) in [4.78, 5) is 48.0. The molecule has 7 nitrogen and oxygen atoms in total. The number of aryl methyl sites for hydroxylation is 1. The Bertz CT molecular complexity index is 590. The zero-order chi connectivity index (χ0) is 18.2. The molecule has 130 valence electrons. The second kappa shape index (κ2) is 8.81. The quantitative estimate of drug-likeness (QED) is 0.315. The molecule has 1 N–H and O–H groups in total. The fraction of sp³-hybridized carbons (Fsp3) is 0.412. The minimum atomic E-state index is -2.20. The van der Waals surface area contributed by atoms with Crippen molar-refractivity contribution in [2.24, 2.45) is 0 Å². The fourth-order valence-electron chi connectivity index (χ4n) is 2.09. The highest BCUT2D eigenvalue weighted by Crippen LogP contribution is 2.19. The highest BCUT2D eigenvalue weighted by Gasteiger charge is 2.50. The van der Waals surface area contributed by atoms with Crippen molar-refractivity contribution in [1.82, 2.24) is 5.32 Å². The van der Waals surface area contributed by atoms with E-state index in [1.165, 1.54) is 0 Å². The van der Waals surface area contributed by atoms with Crippen LogP contribution in [-0.4, -0.2) is 42.9 Å². The van der Waals surface area contributed by atoms with Gasteiger partial charge in [0.05, 0.1) is 19.6 Å². The zero-order valence-corrected chi connectivity index (χ0v) is 14.0. The summed E-state index contributed by atoms with van der Waals surface area (Å²) in [5.74, 6) is -2.56. The van der Waals surface area contributed by atoms with Crippen LogP contribution in [0, 0.1) is 6.92 Å². The Hall–Kier alpha value is -2.70. The minimum Gasteiger partial charge on any atom is -0.464 e. The summed E-state index contributed by atoms with van der Waals surface area (Å²) >= 11 is 0. The summed E-state index contributed by atoms with van der Waals surface area (Å²) in [6.45, 7) is 4.94. The maximum absolute atomic E-state index is 12.5. The summed E-state index contributed by atoms with van der Waals surface area (Å²) in [7, 11) is 0. The molecule has 0 bridgehead atoms. The number of Topliss-reactive ketones (excluding diaryl/α,β-unsaturated/α-hetero) is 1. The normalized spacial score (nSPS) is 10.6. The Labute approximate surface area is 140 Å². The molecule has 0 saturated carbocycles. The van der Waals surface area contributed by atoms with Crippen LogP contribution in [0.1, 0.15) is 36.2 Å². The van der Waals surface area contributed by atoms with Gasteiger partial charge in [0, 0.05) is 5.56 Å². The molecule has 0 aliphatic carbocycles. The maximum atomic E-state index is 12.5. The van der Waals surface area contributed by atoms with Gasteiger partial charge in [-0.2, -0.15) is 0 Å². The number of ketones is 1. The second-order valence-electron chi connectivity index (χ2n) is 5.07. The van der Waals surface area contributed by atoms with E-state index < -0.39 is 29.7 Å². The highest BCUT2D eigenvalue weighted by molar-refractivity contribution is 6.12. The van der Waals surface area contributed by atoms with Crippen LogP contribution in [0.4, 0.5) is 0 Å². The lowest BCUT2D eigenvalue weighted by atomic mass is 9.90. The molecule has 0 unspecified atom stereocenters. The molecule has 0 saturated heterocycles. The predicted octanol–water partition coefficient (Wildman–Crippen LogP) is 1.18. The van der Waals surface area contributed by atoms with E-state index in [1.54, 1.807) is 38.1 Å². The number of carbonyl (C=O) groups excluding carboxylic acids is 4. The van der Waals surface area contributed by atoms with Crippen molar-refractivity contribution in [2.45, 2.75) is 32.7 Å². The molecule has 0 atom stereocenters. The minimum absolute atomic E-state index is 0.0146. The smallest absolute Gasteiger partial charge is 0.344 e. The predicted molar refractivity (Wildman–Crippen MR) is 85.3 cm³/mol. The Morgan fingerprint density at radius 3 is 1.96 bits per heavy atom. The van der Waals surface area contributed by atoms with Crippen LogP contribution in [-0.2, 0) is 23.9 Å². The molecule has 0 radical (unpaired) electrons. The number of hydrogen-bond donors (Lipinski definition) is 1. The van der Waals surface area contributed by atoms with E-state index in [2.05, 4.69) is 5.32 Å². The van der Waals surface area contributed by atoms with Crippen molar-refractivity contribution in [1.29, 1.82) is 0 Å². The van der Waals surface area contributed by atoms with Crippen molar-refractivity contribution in [3.8, 4) is 0 Å². The lowest BCUT2D eigenvalue weighted by molar-refractivity contribution is -0.167. The van der Waals surface area contributed by atoms with Gasteiger partial charge in [0.1, 0.15) is 0 Å². The van der Waals surface area contributed by atoms with Crippen molar-refractivity contribution >= 4 is 24.1 Å². The van der Waals surface area contributed by atoms with Crippen molar-refractivity contribution in [3.63, 3.8) is 0 Å². The monoisotopic (exact) mass is 335 g/mol. The maximum Gasteiger partial charge on any atom is 0.344 e. The average molecular weight is 335 g/mol. The first-order valence-corrected chi connectivity index (χ1v) is 7.57. The number of esters is 2. The average Bonchev–Trinajstić information content (AvgIpc) is 2.55. The molecule has 0 aliphatic rings. The molecular weight excluding hydrogens is 314 g/mol. The molecule has 0 heterocycles. The van der Waals surface area contributed by atoms with Crippen LogP contribution in [0.2, 0.25) is 0 Å². The molecule has 0 spiro atoms. The molecule has 1 aromatic carbocycles. The Balaban J connectivity index is 3.21. The number of amides is 1. The number of ether oxygens (including phenoxy) is 2. The van der Waals surface area contributed by atoms with Crippen LogP contribution in [0.5, 0.6) is 0 Å². The van der Waals surface area contributed by atoms with Gasteiger partial charge in [-0.05, 0) is 20.8 Å². The number of carbonyl (C=O) groups is 4. The van der Waals surface area contributed by atoms with Gasteiger partial charge < -0.3 is 14.8 Å². The topological polar surface area (TPSA) is 98.8 Å². The van der Waals surface area contributed by atoms with Gasteiger partial charge in [0.15, 0.2) is 5.78 Å². The molecular formula is C17H21NO6. The lowest BCUT2D eigenvalue weighted by Crippen LogP contribution is -2.60. The van der Waals surface area contributed by atoms with Crippen LogP contribution in [0.25, 0.3) is 0 Å². The molecule has 1 rings (SSSR count). The van der Waals surface area contributed by atoms with Gasteiger partial charge in [-0.1, -0.05) is 29.8 Å². The van der Waals surface area contributed by atoms with E-state index in [0.29, 0.717) is 5.56 Å². The third kappa shape index (κ3) is 4.41. The Kier molecular flexibility index (Phi) is 7.10. The van der Waals surface area contributed by atoms with Crippen LogP contribution < -0.4 is 5.32 Å².